The summed E-state index contributed by atoms with van der Waals surface area (Å²) in [6.07, 6.45) is -1.68. The largest absolute Gasteiger partial charge is 0.434 e. The fourth-order valence-corrected chi connectivity index (χ4v) is 2.63. The van der Waals surface area contributed by atoms with E-state index in [2.05, 4.69) is 25.8 Å². The average Bonchev–Trinajstić information content (AvgIpc) is 2.98. The Morgan fingerprint density at radius 3 is 2.70 bits per heavy atom. The van der Waals surface area contributed by atoms with Crippen molar-refractivity contribution in [3.63, 3.8) is 0 Å². The van der Waals surface area contributed by atoms with Crippen molar-refractivity contribution in [2.75, 3.05) is 7.05 Å². The predicted octanol–water partition coefficient (Wildman–Crippen LogP) is 2.88. The average molecular weight is 343 g/mol. The summed E-state index contributed by atoms with van der Waals surface area (Å²) >= 11 is 0.833. The summed E-state index contributed by atoms with van der Waals surface area (Å²) in [5.41, 5.74) is 1.54. The normalized spacial score (nSPS) is 12.1. The smallest absolute Gasteiger partial charge is 0.340 e. The van der Waals surface area contributed by atoms with E-state index >= 15 is 0 Å². The van der Waals surface area contributed by atoms with Crippen molar-refractivity contribution in [1.82, 2.24) is 20.7 Å². The van der Waals surface area contributed by atoms with E-state index < -0.39 is 17.9 Å². The quantitative estimate of drug-likeness (QED) is 0.664. The van der Waals surface area contributed by atoms with Gasteiger partial charge in [-0.3, -0.25) is 4.98 Å². The van der Waals surface area contributed by atoms with Crippen molar-refractivity contribution < 1.29 is 18.0 Å². The van der Waals surface area contributed by atoms with Crippen LogP contribution in [0.15, 0.2) is 29.6 Å². The third-order valence-electron chi connectivity index (χ3n) is 2.68. The van der Waals surface area contributed by atoms with E-state index in [1.54, 1.807) is 12.1 Å². The zero-order valence-electron chi connectivity index (χ0n) is 12.1. The molecule has 2 aromatic rings. The summed E-state index contributed by atoms with van der Waals surface area (Å²) in [7, 11) is 1.37. The van der Waals surface area contributed by atoms with E-state index in [4.69, 9.17) is 0 Å². The van der Waals surface area contributed by atoms with Crippen LogP contribution in [0.25, 0.3) is 10.6 Å². The number of pyridine rings is 1. The van der Waals surface area contributed by atoms with Gasteiger partial charge < -0.3 is 5.32 Å². The van der Waals surface area contributed by atoms with Crippen LogP contribution in [0.4, 0.5) is 18.0 Å². The number of amides is 2. The number of aromatic nitrogens is 2. The molecule has 0 saturated carbocycles. The first kappa shape index (κ1) is 16.9. The molecule has 10 heteroatoms. The summed E-state index contributed by atoms with van der Waals surface area (Å²) in [4.78, 5) is 18.5. The molecule has 0 fully saturated rings. The van der Waals surface area contributed by atoms with Gasteiger partial charge in [-0.1, -0.05) is 0 Å². The topological polar surface area (TPSA) is 79.3 Å². The first-order chi connectivity index (χ1) is 10.8. The van der Waals surface area contributed by atoms with Crippen molar-refractivity contribution in [3.05, 3.63) is 35.1 Å². The maximum Gasteiger partial charge on any atom is 0.434 e. The van der Waals surface area contributed by atoms with Crippen LogP contribution in [0.1, 0.15) is 17.5 Å². The minimum atomic E-state index is -4.63. The molecule has 0 aliphatic heterocycles. The molecule has 23 heavy (non-hydrogen) atoms. The Labute approximate surface area is 133 Å². The number of halogens is 3. The lowest BCUT2D eigenvalue weighted by Crippen LogP contribution is -2.29. The molecule has 0 radical (unpaired) electrons. The Kier molecular flexibility index (Phi) is 4.94. The fourth-order valence-electron chi connectivity index (χ4n) is 1.61. The monoisotopic (exact) mass is 343 g/mol. The summed E-state index contributed by atoms with van der Waals surface area (Å²) in [5.74, 6) is 0. The second kappa shape index (κ2) is 6.73. The highest BCUT2D eigenvalue weighted by molar-refractivity contribution is 7.17. The van der Waals surface area contributed by atoms with Crippen LogP contribution in [0.2, 0.25) is 0 Å². The van der Waals surface area contributed by atoms with E-state index in [1.807, 2.05) is 0 Å². The minimum absolute atomic E-state index is 0.00793. The van der Waals surface area contributed by atoms with Gasteiger partial charge in [-0.15, -0.1) is 11.3 Å². The van der Waals surface area contributed by atoms with Gasteiger partial charge in [0.15, 0.2) is 5.69 Å². The van der Waals surface area contributed by atoms with E-state index in [-0.39, 0.29) is 15.6 Å². The molecular formula is C13H12F3N5OS. The number of hydrazone groups is 1. The van der Waals surface area contributed by atoms with Gasteiger partial charge in [0, 0.05) is 25.0 Å². The standard InChI is InChI=1S/C13H12F3N5OS/c1-7(20-21-12(22)17-2)9-10(13(14,15)16)19-11(23-9)8-4-3-5-18-6-8/h3-6H,1-2H3,(H2,17,21,22). The van der Waals surface area contributed by atoms with Gasteiger partial charge >= 0.3 is 12.2 Å². The van der Waals surface area contributed by atoms with Gasteiger partial charge in [-0.05, 0) is 19.1 Å². The number of rotatable bonds is 3. The lowest BCUT2D eigenvalue weighted by molar-refractivity contribution is -0.140. The molecule has 2 heterocycles. The fraction of sp³-hybridized carbons (Fsp3) is 0.231. The molecule has 0 bridgehead atoms. The molecular weight excluding hydrogens is 331 g/mol. The summed E-state index contributed by atoms with van der Waals surface area (Å²) < 4.78 is 39.5. The number of hydrogen-bond acceptors (Lipinski definition) is 5. The molecule has 2 N–H and O–H groups in total. The van der Waals surface area contributed by atoms with Crippen LogP contribution in [0, 0.1) is 0 Å². The summed E-state index contributed by atoms with van der Waals surface area (Å²) in [6.45, 7) is 1.37. The van der Waals surface area contributed by atoms with Crippen molar-refractivity contribution in [1.29, 1.82) is 0 Å². The van der Waals surface area contributed by atoms with Crippen LogP contribution in [0.3, 0.4) is 0 Å². The van der Waals surface area contributed by atoms with Crippen molar-refractivity contribution >= 4 is 23.1 Å². The number of nitrogens with zero attached hydrogens (tertiary/aromatic N) is 3. The van der Waals surface area contributed by atoms with E-state index in [1.165, 1.54) is 26.4 Å². The number of urea groups is 1. The first-order valence-electron chi connectivity index (χ1n) is 6.33. The Morgan fingerprint density at radius 1 is 1.39 bits per heavy atom. The number of carbonyl (C=O) groups is 1. The SMILES string of the molecule is CNC(=O)NN=C(C)c1sc(-c2cccnc2)nc1C(F)(F)F. The molecule has 0 unspecified atom stereocenters. The van der Waals surface area contributed by atoms with Crippen LogP contribution in [-0.2, 0) is 6.18 Å². The van der Waals surface area contributed by atoms with Crippen LogP contribution < -0.4 is 10.7 Å². The third kappa shape index (κ3) is 4.03. The highest BCUT2D eigenvalue weighted by Gasteiger charge is 2.38. The zero-order valence-corrected chi connectivity index (χ0v) is 12.9. The van der Waals surface area contributed by atoms with Gasteiger partial charge in [0.05, 0.1) is 10.6 Å². The second-order valence-corrected chi connectivity index (χ2v) is 5.32. The molecule has 2 amide bonds. The maximum atomic E-state index is 13.2. The lowest BCUT2D eigenvalue weighted by atomic mass is 10.2. The highest BCUT2D eigenvalue weighted by atomic mass is 32.1. The highest BCUT2D eigenvalue weighted by Crippen LogP contribution is 2.37. The van der Waals surface area contributed by atoms with E-state index in [0.29, 0.717) is 5.56 Å². The minimum Gasteiger partial charge on any atom is -0.340 e. The Bertz CT molecular complexity index is 727. The van der Waals surface area contributed by atoms with Gasteiger partial charge in [0.1, 0.15) is 5.01 Å². The Balaban J connectivity index is 2.45. The molecule has 0 aliphatic carbocycles. The molecule has 122 valence electrons. The van der Waals surface area contributed by atoms with Crippen molar-refractivity contribution in [3.8, 4) is 10.6 Å². The molecule has 0 saturated heterocycles. The third-order valence-corrected chi connectivity index (χ3v) is 3.90. The van der Waals surface area contributed by atoms with Gasteiger partial charge in [0.25, 0.3) is 0 Å². The van der Waals surface area contributed by atoms with E-state index in [9.17, 15) is 18.0 Å². The molecule has 2 aromatic heterocycles. The maximum absolute atomic E-state index is 13.2. The number of hydrogen-bond donors (Lipinski definition) is 2. The van der Waals surface area contributed by atoms with Crippen LogP contribution >= 0.6 is 11.3 Å². The Morgan fingerprint density at radius 2 is 2.13 bits per heavy atom. The number of alkyl halides is 3. The van der Waals surface area contributed by atoms with Gasteiger partial charge in [0.2, 0.25) is 0 Å². The van der Waals surface area contributed by atoms with E-state index in [0.717, 1.165) is 11.3 Å². The molecule has 0 aromatic carbocycles. The predicted molar refractivity (Wildman–Crippen MR) is 80.1 cm³/mol. The summed E-state index contributed by atoms with van der Waals surface area (Å²) in [6, 6.07) is 2.60. The zero-order chi connectivity index (χ0) is 17.0. The van der Waals surface area contributed by atoms with Gasteiger partial charge in [-0.25, -0.2) is 15.2 Å². The van der Waals surface area contributed by atoms with Crippen molar-refractivity contribution in [2.45, 2.75) is 13.1 Å². The van der Waals surface area contributed by atoms with Gasteiger partial charge in [-0.2, -0.15) is 18.3 Å². The van der Waals surface area contributed by atoms with Crippen LogP contribution in [0.5, 0.6) is 0 Å². The molecule has 0 aliphatic rings. The molecule has 0 atom stereocenters. The number of thiazole rings is 1. The second-order valence-electron chi connectivity index (χ2n) is 4.32. The molecule has 0 spiro atoms. The molecule has 6 nitrogen and oxygen atoms in total. The number of carbonyl (C=O) groups excluding carboxylic acids is 1. The van der Waals surface area contributed by atoms with Crippen molar-refractivity contribution in [2.24, 2.45) is 5.10 Å². The Hall–Kier alpha value is -2.49. The summed E-state index contributed by atoms with van der Waals surface area (Å²) in [5, 5.41) is 6.08. The molecule has 2 rings (SSSR count). The lowest BCUT2D eigenvalue weighted by Gasteiger charge is -2.05. The number of nitrogens with one attached hydrogen (secondary N) is 2. The van der Waals surface area contributed by atoms with Crippen LogP contribution in [-0.4, -0.2) is 28.8 Å². The first-order valence-corrected chi connectivity index (χ1v) is 7.15.